The third kappa shape index (κ3) is 7.53. The second kappa shape index (κ2) is 14.1. The van der Waals surface area contributed by atoms with Crippen LogP contribution in [0.5, 0.6) is 23.1 Å². The maximum atomic E-state index is 13.6. The van der Waals surface area contributed by atoms with Crippen molar-refractivity contribution in [3.05, 3.63) is 107 Å². The van der Waals surface area contributed by atoms with Gasteiger partial charge in [-0.25, -0.2) is 4.98 Å². The molecule has 0 aliphatic carbocycles. The van der Waals surface area contributed by atoms with Crippen LogP contribution in [0, 0.1) is 0 Å². The Hall–Kier alpha value is -5.22. The monoisotopic (exact) mass is 787 g/mol. The Labute approximate surface area is 304 Å². The molecule has 52 heavy (non-hydrogen) atoms. The van der Waals surface area contributed by atoms with E-state index in [2.05, 4.69) is 19.4 Å². The number of carbonyl (C=O) groups is 2. The zero-order chi connectivity index (χ0) is 36.1. The minimum Gasteiger partial charge on any atom is -0.439 e. The number of alkyl halides is 5. The molecule has 3 aromatic carbocycles. The minimum absolute atomic E-state index is 0. The summed E-state index contributed by atoms with van der Waals surface area (Å²) in [6.45, 7) is 2.69. The number of hydrogen-bond acceptors (Lipinski definition) is 7. The van der Waals surface area contributed by atoms with E-state index in [-0.39, 0.29) is 45.8 Å². The molecule has 0 unspecified atom stereocenters. The molecule has 272 valence electrons. The Bertz CT molecular complexity index is 2120. The first-order chi connectivity index (χ1) is 24.2. The van der Waals surface area contributed by atoms with Crippen LogP contribution in [0.1, 0.15) is 32.0 Å². The van der Waals surface area contributed by atoms with E-state index < -0.39 is 23.9 Å². The lowest BCUT2D eigenvalue weighted by Gasteiger charge is -2.34. The van der Waals surface area contributed by atoms with Gasteiger partial charge >= 0.3 is 12.5 Å². The number of halogens is 6. The number of aryl methyl sites for hydroxylation is 1. The smallest absolute Gasteiger partial charge is 0.439 e. The molecule has 0 N–H and O–H groups in total. The van der Waals surface area contributed by atoms with Crippen molar-refractivity contribution in [2.75, 3.05) is 38.1 Å². The first-order valence-corrected chi connectivity index (χ1v) is 15.8. The van der Waals surface area contributed by atoms with Crippen LogP contribution in [-0.2, 0) is 19.8 Å². The number of piperazine rings is 1. The SMILES string of the molecule is Br.CN(C(=O)c1ccc(C(F)(F)F)cc1)c1ccc(Oc2ccc3cc(C(=O)N4CCN(Cc5ccc6c(c5)OC(F)(F)O6)CC4)n(C)c3c2)nc1. The molecule has 1 saturated heterocycles. The molecule has 0 saturated carbocycles. The zero-order valence-electron chi connectivity index (χ0n) is 27.7. The molecule has 0 atom stereocenters. The summed E-state index contributed by atoms with van der Waals surface area (Å²) >= 11 is 0. The topological polar surface area (TPSA) is 89.4 Å². The highest BCUT2D eigenvalue weighted by Crippen LogP contribution is 2.41. The van der Waals surface area contributed by atoms with Crippen LogP contribution < -0.4 is 19.1 Å². The number of hydrogen-bond donors (Lipinski definition) is 0. The van der Waals surface area contributed by atoms with Gasteiger partial charge in [-0.1, -0.05) is 6.07 Å². The molecular weight excluding hydrogens is 757 g/mol. The van der Waals surface area contributed by atoms with E-state index in [0.29, 0.717) is 49.9 Å². The van der Waals surface area contributed by atoms with Crippen LogP contribution >= 0.6 is 17.0 Å². The van der Waals surface area contributed by atoms with Gasteiger partial charge in [-0.05, 0) is 66.2 Å². The second-order valence-electron chi connectivity index (χ2n) is 12.2. The predicted octanol–water partition coefficient (Wildman–Crippen LogP) is 7.52. The average Bonchev–Trinajstić information content (AvgIpc) is 3.61. The number of anilines is 1. The Morgan fingerprint density at radius 2 is 1.62 bits per heavy atom. The van der Waals surface area contributed by atoms with Gasteiger partial charge in [-0.15, -0.1) is 25.8 Å². The Morgan fingerprint density at radius 1 is 0.904 bits per heavy atom. The van der Waals surface area contributed by atoms with Crippen LogP contribution in [0.15, 0.2) is 85.1 Å². The maximum Gasteiger partial charge on any atom is 0.586 e. The van der Waals surface area contributed by atoms with Crippen molar-refractivity contribution in [2.45, 2.75) is 19.0 Å². The summed E-state index contributed by atoms with van der Waals surface area (Å²) in [5.41, 5.74) is 1.74. The fourth-order valence-corrected chi connectivity index (χ4v) is 6.06. The Kier molecular flexibility index (Phi) is 9.89. The highest BCUT2D eigenvalue weighted by molar-refractivity contribution is 8.93. The molecular formula is C36H31BrF5N5O5. The first kappa shape index (κ1) is 36.6. The summed E-state index contributed by atoms with van der Waals surface area (Å²) in [6, 6.07) is 19.1. The number of fused-ring (bicyclic) bond motifs is 2. The normalized spacial score (nSPS) is 15.3. The quantitative estimate of drug-likeness (QED) is 0.158. The standard InChI is InChI=1S/C36H30F5N5O5.BrH/c1-43(33(47)23-4-7-25(8-5-23)35(37,38)39)26-9-12-32(42-20-26)49-27-10-6-24-18-29(44(2)28(24)19-27)34(48)46-15-13-45(14-16-46)21-22-3-11-30-31(17-22)51-36(40,41)50-30;/h3-12,17-20H,13-16,21H2,1-2H3;1H. The summed E-state index contributed by atoms with van der Waals surface area (Å²) in [4.78, 5) is 35.9. The fourth-order valence-electron chi connectivity index (χ4n) is 6.06. The van der Waals surface area contributed by atoms with Crippen LogP contribution in [0.25, 0.3) is 10.9 Å². The lowest BCUT2D eigenvalue weighted by Crippen LogP contribution is -2.48. The van der Waals surface area contributed by atoms with Crippen molar-refractivity contribution >= 4 is 45.4 Å². The molecule has 1 fully saturated rings. The first-order valence-electron chi connectivity index (χ1n) is 15.8. The van der Waals surface area contributed by atoms with Crippen LogP contribution in [0.4, 0.5) is 27.6 Å². The zero-order valence-corrected chi connectivity index (χ0v) is 29.4. The van der Waals surface area contributed by atoms with Gasteiger partial charge in [0.15, 0.2) is 11.5 Å². The van der Waals surface area contributed by atoms with Crippen molar-refractivity contribution in [3.8, 4) is 23.1 Å². The van der Waals surface area contributed by atoms with Crippen LogP contribution in [0.2, 0.25) is 0 Å². The van der Waals surface area contributed by atoms with Crippen molar-refractivity contribution in [1.82, 2.24) is 19.4 Å². The average molecular weight is 789 g/mol. The number of nitrogens with zero attached hydrogens (tertiary/aromatic N) is 5. The van der Waals surface area contributed by atoms with Crippen molar-refractivity contribution in [2.24, 2.45) is 7.05 Å². The third-order valence-electron chi connectivity index (χ3n) is 8.86. The number of ether oxygens (including phenoxy) is 3. The predicted molar refractivity (Wildman–Crippen MR) is 186 cm³/mol. The van der Waals surface area contributed by atoms with E-state index in [4.69, 9.17) is 4.74 Å². The lowest BCUT2D eigenvalue weighted by molar-refractivity contribution is -0.286. The molecule has 0 radical (unpaired) electrons. The maximum absolute atomic E-state index is 13.6. The summed E-state index contributed by atoms with van der Waals surface area (Å²) in [7, 11) is 3.30. The van der Waals surface area contributed by atoms with Gasteiger partial charge in [0.2, 0.25) is 5.88 Å². The summed E-state index contributed by atoms with van der Waals surface area (Å²) in [6.07, 6.45) is -6.74. The number of benzene rings is 3. The molecule has 2 aromatic heterocycles. The molecule has 0 bridgehead atoms. The highest BCUT2D eigenvalue weighted by atomic mass is 79.9. The molecule has 0 spiro atoms. The summed E-state index contributed by atoms with van der Waals surface area (Å²) in [5, 5.41) is 0.840. The van der Waals surface area contributed by atoms with Crippen molar-refractivity contribution in [3.63, 3.8) is 0 Å². The molecule has 10 nitrogen and oxygen atoms in total. The van der Waals surface area contributed by atoms with E-state index >= 15 is 0 Å². The third-order valence-corrected chi connectivity index (χ3v) is 8.86. The number of rotatable bonds is 7. The highest BCUT2D eigenvalue weighted by Gasteiger charge is 2.43. The Morgan fingerprint density at radius 3 is 2.29 bits per heavy atom. The van der Waals surface area contributed by atoms with E-state index in [1.807, 2.05) is 12.1 Å². The number of pyridine rings is 1. The number of aromatic nitrogens is 2. The summed E-state index contributed by atoms with van der Waals surface area (Å²) < 4.78 is 82.2. The van der Waals surface area contributed by atoms with Gasteiger partial charge in [-0.2, -0.15) is 13.2 Å². The van der Waals surface area contributed by atoms with Crippen molar-refractivity contribution in [1.29, 1.82) is 0 Å². The molecule has 2 amide bonds. The van der Waals surface area contributed by atoms with Crippen molar-refractivity contribution < 1.29 is 45.8 Å². The lowest BCUT2D eigenvalue weighted by atomic mass is 10.1. The number of carbonyl (C=O) groups excluding carboxylic acids is 2. The van der Waals surface area contributed by atoms with Crippen LogP contribution in [-0.4, -0.2) is 70.7 Å². The Balaban J connectivity index is 0.00000464. The van der Waals surface area contributed by atoms with Gasteiger partial charge in [0.1, 0.15) is 11.4 Å². The van der Waals surface area contributed by atoms with E-state index in [1.165, 1.54) is 24.2 Å². The molecule has 4 heterocycles. The van der Waals surface area contributed by atoms with Gasteiger partial charge in [0.25, 0.3) is 11.8 Å². The van der Waals surface area contributed by atoms with E-state index in [9.17, 15) is 31.5 Å². The van der Waals surface area contributed by atoms with Gasteiger partial charge < -0.3 is 28.6 Å². The van der Waals surface area contributed by atoms with E-state index in [0.717, 1.165) is 40.7 Å². The summed E-state index contributed by atoms with van der Waals surface area (Å²) in [5.74, 6) is 0.100. The molecule has 5 aromatic rings. The van der Waals surface area contributed by atoms with Gasteiger partial charge in [-0.3, -0.25) is 14.5 Å². The van der Waals surface area contributed by atoms with Gasteiger partial charge in [0, 0.05) is 69.9 Å². The van der Waals surface area contributed by atoms with Gasteiger partial charge in [0.05, 0.1) is 23.0 Å². The van der Waals surface area contributed by atoms with E-state index in [1.54, 1.807) is 52.9 Å². The second-order valence-corrected chi connectivity index (χ2v) is 12.2. The number of amides is 2. The molecule has 16 heteroatoms. The minimum atomic E-state index is -4.50. The molecule has 2 aliphatic heterocycles. The molecule has 7 rings (SSSR count). The van der Waals surface area contributed by atoms with Crippen LogP contribution in [0.3, 0.4) is 0 Å². The molecule has 2 aliphatic rings. The largest absolute Gasteiger partial charge is 0.586 e. The fraction of sp³-hybridized carbons (Fsp3) is 0.250.